The van der Waals surface area contributed by atoms with Crippen LogP contribution in [0.3, 0.4) is 0 Å². The first-order chi connectivity index (χ1) is 13.6. The predicted molar refractivity (Wildman–Crippen MR) is 105 cm³/mol. The molecule has 1 N–H and O–H groups in total. The summed E-state index contributed by atoms with van der Waals surface area (Å²) in [5.41, 5.74) is 2.98. The number of methoxy groups -OCH3 is 2. The first-order valence-electron chi connectivity index (χ1n) is 10.1. The Labute approximate surface area is 164 Å². The number of carbonyl (C=O) groups is 1. The maximum absolute atomic E-state index is 12.0. The van der Waals surface area contributed by atoms with E-state index < -0.39 is 0 Å². The third kappa shape index (κ3) is 2.73. The minimum absolute atomic E-state index is 0.216. The van der Waals surface area contributed by atoms with Gasteiger partial charge in [-0.25, -0.2) is 4.98 Å². The topological polar surface area (TPSA) is 69.7 Å². The summed E-state index contributed by atoms with van der Waals surface area (Å²) in [6.45, 7) is 0.659. The molecule has 0 amide bonds. The van der Waals surface area contributed by atoms with E-state index >= 15 is 0 Å². The third-order valence-electron chi connectivity index (χ3n) is 6.65. The second-order valence-corrected chi connectivity index (χ2v) is 8.26. The van der Waals surface area contributed by atoms with Crippen molar-refractivity contribution < 1.29 is 19.0 Å². The molecular weight excluding hydrogens is 356 g/mol. The van der Waals surface area contributed by atoms with Crippen LogP contribution in [0.5, 0.6) is 11.5 Å². The fourth-order valence-corrected chi connectivity index (χ4v) is 4.78. The van der Waals surface area contributed by atoms with Crippen LogP contribution in [-0.2, 0) is 16.0 Å². The van der Waals surface area contributed by atoms with Crippen LogP contribution in [0, 0.1) is 0 Å². The summed E-state index contributed by atoms with van der Waals surface area (Å²) in [5, 5.41) is 4.40. The van der Waals surface area contributed by atoms with E-state index in [4.69, 9.17) is 19.2 Å². The van der Waals surface area contributed by atoms with Gasteiger partial charge in [0.25, 0.3) is 0 Å². The lowest BCUT2D eigenvalue weighted by atomic mass is 9.79. The number of esters is 1. The normalized spacial score (nSPS) is 26.6. The molecular formula is C22H26N2O4. The number of nitrogens with zero attached hydrogens (tertiary/aromatic N) is 1. The van der Waals surface area contributed by atoms with E-state index in [1.165, 1.54) is 31.9 Å². The number of hydrogen-bond donors (Lipinski definition) is 1. The molecule has 2 atom stereocenters. The molecule has 1 saturated carbocycles. The van der Waals surface area contributed by atoms with E-state index in [0.717, 1.165) is 40.9 Å². The van der Waals surface area contributed by atoms with Crippen LogP contribution >= 0.6 is 0 Å². The van der Waals surface area contributed by atoms with Crippen molar-refractivity contribution in [2.45, 2.75) is 56.1 Å². The van der Waals surface area contributed by atoms with Gasteiger partial charge in [0, 0.05) is 29.8 Å². The van der Waals surface area contributed by atoms with Crippen molar-refractivity contribution in [3.63, 3.8) is 0 Å². The lowest BCUT2D eigenvalue weighted by Gasteiger charge is -2.38. The maximum Gasteiger partial charge on any atom is 0.323 e. The Hall–Kier alpha value is -2.34. The monoisotopic (exact) mass is 382 g/mol. The predicted octanol–water partition coefficient (Wildman–Crippen LogP) is 3.11. The van der Waals surface area contributed by atoms with Crippen LogP contribution < -0.4 is 14.8 Å². The Morgan fingerprint density at radius 2 is 2.18 bits per heavy atom. The fourth-order valence-electron chi connectivity index (χ4n) is 4.78. The Morgan fingerprint density at radius 1 is 1.32 bits per heavy atom. The molecule has 2 aliphatic heterocycles. The van der Waals surface area contributed by atoms with Gasteiger partial charge in [0.15, 0.2) is 0 Å². The first-order valence-corrected chi connectivity index (χ1v) is 10.1. The molecule has 1 spiro atoms. The molecule has 0 radical (unpaired) electrons. The van der Waals surface area contributed by atoms with Gasteiger partial charge in [-0.1, -0.05) is 6.42 Å². The molecule has 5 rings (SSSR count). The third-order valence-corrected chi connectivity index (χ3v) is 6.65. The van der Waals surface area contributed by atoms with Crippen molar-refractivity contribution in [2.24, 2.45) is 0 Å². The summed E-state index contributed by atoms with van der Waals surface area (Å²) >= 11 is 0. The van der Waals surface area contributed by atoms with Crippen molar-refractivity contribution in [3.05, 3.63) is 29.5 Å². The molecule has 3 aliphatic rings. The van der Waals surface area contributed by atoms with Crippen molar-refractivity contribution in [1.82, 2.24) is 10.3 Å². The highest BCUT2D eigenvalue weighted by atomic mass is 16.5. The van der Waals surface area contributed by atoms with Gasteiger partial charge in [-0.3, -0.25) is 4.79 Å². The second-order valence-electron chi connectivity index (χ2n) is 8.26. The summed E-state index contributed by atoms with van der Waals surface area (Å²) in [6.07, 6.45) is 6.01. The van der Waals surface area contributed by atoms with Gasteiger partial charge in [-0.05, 0) is 43.9 Å². The average molecular weight is 382 g/mol. The number of benzene rings is 1. The highest BCUT2D eigenvalue weighted by Crippen LogP contribution is 2.48. The van der Waals surface area contributed by atoms with E-state index in [1.54, 1.807) is 7.11 Å². The van der Waals surface area contributed by atoms with E-state index in [2.05, 4.69) is 11.4 Å². The molecule has 28 heavy (non-hydrogen) atoms. The number of ether oxygens (including phenoxy) is 3. The fraction of sp³-hybridized carbons (Fsp3) is 0.545. The maximum atomic E-state index is 12.0. The highest BCUT2D eigenvalue weighted by Gasteiger charge is 2.47. The standard InChI is InChI=1S/C22H26N2O4/c1-26-14-6-7-17-16(10-14)15-8-9-22(11-18(23-12-22)21(25)27-2)28-20(15)19(24-17)13-4-3-5-13/h6-7,10,13,18,23H,3-5,8-9,11-12H2,1-2H3/t18-,22+/m0/s1. The molecule has 1 aromatic heterocycles. The molecule has 148 valence electrons. The number of hydrogen-bond acceptors (Lipinski definition) is 6. The SMILES string of the molecule is COC(=O)[C@@H]1C[C@]2(CCc3c(c(C4CCC4)nc4ccc(OC)cc34)O2)CN1. The second kappa shape index (κ2) is 6.62. The summed E-state index contributed by atoms with van der Waals surface area (Å²) < 4.78 is 17.1. The van der Waals surface area contributed by atoms with Gasteiger partial charge in [0.1, 0.15) is 23.1 Å². The minimum Gasteiger partial charge on any atom is -0.497 e. The van der Waals surface area contributed by atoms with Gasteiger partial charge >= 0.3 is 5.97 Å². The molecule has 3 heterocycles. The number of fused-ring (bicyclic) bond motifs is 3. The van der Waals surface area contributed by atoms with Gasteiger partial charge in [-0.15, -0.1) is 0 Å². The zero-order chi connectivity index (χ0) is 19.3. The van der Waals surface area contributed by atoms with Gasteiger partial charge in [0.05, 0.1) is 25.4 Å². The molecule has 0 bridgehead atoms. The zero-order valence-corrected chi connectivity index (χ0v) is 16.4. The van der Waals surface area contributed by atoms with E-state index in [-0.39, 0.29) is 17.6 Å². The van der Waals surface area contributed by atoms with Crippen molar-refractivity contribution >= 4 is 16.9 Å². The van der Waals surface area contributed by atoms with Crippen molar-refractivity contribution in [3.8, 4) is 11.5 Å². The Balaban J connectivity index is 1.58. The van der Waals surface area contributed by atoms with Crippen molar-refractivity contribution in [2.75, 3.05) is 20.8 Å². The molecule has 0 unspecified atom stereocenters. The number of rotatable bonds is 3. The highest BCUT2D eigenvalue weighted by molar-refractivity contribution is 5.87. The quantitative estimate of drug-likeness (QED) is 0.823. The number of aryl methyl sites for hydroxylation is 1. The van der Waals surface area contributed by atoms with Crippen LogP contribution in [0.1, 0.15) is 49.3 Å². The Bertz CT molecular complexity index is 940. The molecule has 1 saturated heterocycles. The van der Waals surface area contributed by atoms with Crippen LogP contribution in [-0.4, -0.2) is 43.4 Å². The van der Waals surface area contributed by atoms with Crippen molar-refractivity contribution in [1.29, 1.82) is 0 Å². The molecule has 6 nitrogen and oxygen atoms in total. The van der Waals surface area contributed by atoms with Crippen LogP contribution in [0.4, 0.5) is 0 Å². The lowest BCUT2D eigenvalue weighted by Crippen LogP contribution is -2.42. The number of pyridine rings is 1. The Kier molecular flexibility index (Phi) is 4.19. The van der Waals surface area contributed by atoms with E-state index in [9.17, 15) is 4.79 Å². The van der Waals surface area contributed by atoms with Gasteiger partial charge in [-0.2, -0.15) is 0 Å². The average Bonchev–Trinajstić information content (AvgIpc) is 3.09. The molecule has 1 aromatic carbocycles. The number of nitrogens with one attached hydrogen (secondary N) is 1. The molecule has 2 fully saturated rings. The van der Waals surface area contributed by atoms with E-state index in [0.29, 0.717) is 18.9 Å². The van der Waals surface area contributed by atoms with Crippen LogP contribution in [0.15, 0.2) is 18.2 Å². The zero-order valence-electron chi connectivity index (χ0n) is 16.4. The largest absolute Gasteiger partial charge is 0.497 e. The number of aromatic nitrogens is 1. The van der Waals surface area contributed by atoms with E-state index in [1.807, 2.05) is 12.1 Å². The minimum atomic E-state index is -0.363. The summed E-state index contributed by atoms with van der Waals surface area (Å²) in [6, 6.07) is 5.79. The Morgan fingerprint density at radius 3 is 2.89 bits per heavy atom. The summed E-state index contributed by atoms with van der Waals surface area (Å²) in [4.78, 5) is 17.0. The van der Waals surface area contributed by atoms with Gasteiger partial charge in [0.2, 0.25) is 0 Å². The van der Waals surface area contributed by atoms with Crippen LogP contribution in [0.25, 0.3) is 10.9 Å². The molecule has 1 aliphatic carbocycles. The lowest BCUT2D eigenvalue weighted by molar-refractivity contribution is -0.143. The molecule has 2 aromatic rings. The summed E-state index contributed by atoms with van der Waals surface area (Å²) in [5.74, 6) is 2.04. The summed E-state index contributed by atoms with van der Waals surface area (Å²) in [7, 11) is 3.12. The first kappa shape index (κ1) is 17.7. The number of carbonyl (C=O) groups excluding carboxylic acids is 1. The van der Waals surface area contributed by atoms with Crippen LogP contribution in [0.2, 0.25) is 0 Å². The smallest absolute Gasteiger partial charge is 0.323 e. The molecule has 6 heteroatoms. The van der Waals surface area contributed by atoms with Gasteiger partial charge < -0.3 is 19.5 Å².